The summed E-state index contributed by atoms with van der Waals surface area (Å²) in [4.78, 5) is 0.194. The molecule has 3 aromatic carbocycles. The first-order valence-corrected chi connectivity index (χ1v) is 11.8. The summed E-state index contributed by atoms with van der Waals surface area (Å²) in [5.41, 5.74) is 3.20. The number of nitrogens with zero attached hydrogens (tertiary/aromatic N) is 2. The van der Waals surface area contributed by atoms with Crippen molar-refractivity contribution in [2.75, 3.05) is 14.2 Å². The van der Waals surface area contributed by atoms with Crippen LogP contribution in [0.25, 0.3) is 0 Å². The summed E-state index contributed by atoms with van der Waals surface area (Å²) in [5, 5.41) is 5.16. The van der Waals surface area contributed by atoms with Crippen molar-refractivity contribution in [1.82, 2.24) is 4.41 Å². The zero-order chi connectivity index (χ0) is 22.9. The molecule has 166 valence electrons. The zero-order valence-corrected chi connectivity index (χ0v) is 19.5. The molecule has 0 aliphatic carbocycles. The lowest BCUT2D eigenvalue weighted by atomic mass is 9.99. The smallest absolute Gasteiger partial charge is 0.279 e. The van der Waals surface area contributed by atoms with Gasteiger partial charge in [-0.1, -0.05) is 41.4 Å². The van der Waals surface area contributed by atoms with Crippen molar-refractivity contribution in [3.8, 4) is 11.5 Å². The highest BCUT2D eigenvalue weighted by atomic mass is 35.5. The summed E-state index contributed by atoms with van der Waals surface area (Å²) >= 11 is 6.06. The Hall–Kier alpha value is -3.03. The van der Waals surface area contributed by atoms with Gasteiger partial charge in [-0.05, 0) is 55.0 Å². The minimum Gasteiger partial charge on any atom is -0.493 e. The number of benzene rings is 3. The molecule has 0 unspecified atom stereocenters. The minimum absolute atomic E-state index is 0.194. The number of sulfonamides is 1. The Morgan fingerprint density at radius 3 is 2.22 bits per heavy atom. The van der Waals surface area contributed by atoms with Crippen molar-refractivity contribution in [2.24, 2.45) is 5.10 Å². The molecule has 1 aliphatic rings. The maximum atomic E-state index is 13.5. The monoisotopic (exact) mass is 470 g/mol. The zero-order valence-electron chi connectivity index (χ0n) is 17.9. The first-order valence-electron chi connectivity index (χ1n) is 10.00. The molecule has 4 rings (SSSR count). The van der Waals surface area contributed by atoms with E-state index in [4.69, 9.17) is 21.1 Å². The van der Waals surface area contributed by atoms with Crippen LogP contribution in [0.15, 0.2) is 76.7 Å². The molecule has 1 atom stereocenters. The molecular weight excluding hydrogens is 448 g/mol. The van der Waals surface area contributed by atoms with Crippen molar-refractivity contribution in [1.29, 1.82) is 0 Å². The normalized spacial score (nSPS) is 16.1. The number of ether oxygens (including phenoxy) is 2. The molecule has 0 fully saturated rings. The largest absolute Gasteiger partial charge is 0.493 e. The van der Waals surface area contributed by atoms with E-state index in [0.717, 1.165) is 16.7 Å². The summed E-state index contributed by atoms with van der Waals surface area (Å²) in [6, 6.07) is 18.9. The third kappa shape index (κ3) is 4.18. The number of rotatable bonds is 6. The van der Waals surface area contributed by atoms with E-state index < -0.39 is 16.1 Å². The molecule has 1 aliphatic heterocycles. The fraction of sp³-hybridized carbons (Fsp3) is 0.208. The molecule has 0 amide bonds. The van der Waals surface area contributed by atoms with Crippen molar-refractivity contribution in [2.45, 2.75) is 24.3 Å². The summed E-state index contributed by atoms with van der Waals surface area (Å²) in [7, 11) is -0.751. The van der Waals surface area contributed by atoms with Crippen molar-refractivity contribution in [3.63, 3.8) is 0 Å². The molecule has 8 heteroatoms. The van der Waals surface area contributed by atoms with Gasteiger partial charge in [0.25, 0.3) is 10.0 Å². The highest BCUT2D eigenvalue weighted by Gasteiger charge is 2.37. The van der Waals surface area contributed by atoms with E-state index in [1.807, 2.05) is 25.1 Å². The second-order valence-electron chi connectivity index (χ2n) is 7.48. The first kappa shape index (κ1) is 22.2. The van der Waals surface area contributed by atoms with Gasteiger partial charge in [0.1, 0.15) is 0 Å². The van der Waals surface area contributed by atoms with Crippen LogP contribution in [0.4, 0.5) is 0 Å². The molecule has 1 heterocycles. The highest BCUT2D eigenvalue weighted by molar-refractivity contribution is 7.89. The predicted molar refractivity (Wildman–Crippen MR) is 125 cm³/mol. The molecule has 0 aromatic heterocycles. The van der Waals surface area contributed by atoms with Crippen molar-refractivity contribution in [3.05, 3.63) is 88.4 Å². The van der Waals surface area contributed by atoms with Crippen LogP contribution < -0.4 is 9.47 Å². The van der Waals surface area contributed by atoms with Gasteiger partial charge in [-0.15, -0.1) is 0 Å². The highest BCUT2D eigenvalue weighted by Crippen LogP contribution is 2.38. The topological polar surface area (TPSA) is 68.2 Å². The molecule has 32 heavy (non-hydrogen) atoms. The van der Waals surface area contributed by atoms with E-state index in [1.165, 1.54) is 4.41 Å². The van der Waals surface area contributed by atoms with Crippen molar-refractivity contribution >= 4 is 27.3 Å². The molecule has 0 radical (unpaired) electrons. The third-order valence-electron chi connectivity index (χ3n) is 5.41. The van der Waals surface area contributed by atoms with Gasteiger partial charge in [-0.25, -0.2) is 0 Å². The van der Waals surface area contributed by atoms with Gasteiger partial charge < -0.3 is 9.47 Å². The lowest BCUT2D eigenvalue weighted by Gasteiger charge is -2.23. The molecule has 0 saturated heterocycles. The van der Waals surface area contributed by atoms with Crippen LogP contribution in [0.1, 0.15) is 29.2 Å². The molecule has 0 spiro atoms. The SMILES string of the molecule is COc1ccc(C2=NN(S(=O)(=O)c3ccc(C)cc3)[C@H](c3ccc(Cl)cc3)C2)cc1OC. The summed E-state index contributed by atoms with van der Waals surface area (Å²) in [6.45, 7) is 1.91. The Morgan fingerprint density at radius 1 is 0.938 bits per heavy atom. The number of halogens is 1. The van der Waals surface area contributed by atoms with Gasteiger partial charge in [-0.3, -0.25) is 0 Å². The second-order valence-corrected chi connectivity index (χ2v) is 9.71. The van der Waals surface area contributed by atoms with Crippen LogP contribution in [0.5, 0.6) is 11.5 Å². The summed E-state index contributed by atoms with van der Waals surface area (Å²) in [5.74, 6) is 1.14. The fourth-order valence-corrected chi connectivity index (χ4v) is 5.21. The van der Waals surface area contributed by atoms with Crippen LogP contribution in [-0.4, -0.2) is 32.8 Å². The predicted octanol–water partition coefficient (Wildman–Crippen LogP) is 5.21. The van der Waals surface area contributed by atoms with Crippen molar-refractivity contribution < 1.29 is 17.9 Å². The molecule has 3 aromatic rings. The molecule has 6 nitrogen and oxygen atoms in total. The number of hydrogen-bond acceptors (Lipinski definition) is 5. The fourth-order valence-electron chi connectivity index (χ4n) is 3.65. The lowest BCUT2D eigenvalue weighted by Crippen LogP contribution is -2.27. The lowest BCUT2D eigenvalue weighted by molar-refractivity contribution is 0.355. The van der Waals surface area contributed by atoms with Crippen LogP contribution in [0.2, 0.25) is 5.02 Å². The third-order valence-corrected chi connectivity index (χ3v) is 7.36. The Morgan fingerprint density at radius 2 is 1.59 bits per heavy atom. The number of methoxy groups -OCH3 is 2. The average molecular weight is 471 g/mol. The van der Waals surface area contributed by atoms with Crippen LogP contribution >= 0.6 is 11.6 Å². The van der Waals surface area contributed by atoms with E-state index in [-0.39, 0.29) is 4.90 Å². The quantitative estimate of drug-likeness (QED) is 0.496. The van der Waals surface area contributed by atoms with E-state index in [9.17, 15) is 8.42 Å². The maximum absolute atomic E-state index is 13.5. The molecular formula is C24H23ClN2O4S. The number of hydrogen-bond donors (Lipinski definition) is 0. The van der Waals surface area contributed by atoms with Gasteiger partial charge in [-0.2, -0.15) is 17.9 Å². The maximum Gasteiger partial charge on any atom is 0.279 e. The van der Waals surface area contributed by atoms with E-state index in [0.29, 0.717) is 28.7 Å². The average Bonchev–Trinajstić information content (AvgIpc) is 3.26. The van der Waals surface area contributed by atoms with Gasteiger partial charge in [0.2, 0.25) is 0 Å². The van der Waals surface area contributed by atoms with Gasteiger partial charge in [0.15, 0.2) is 11.5 Å². The molecule has 0 saturated carbocycles. The van der Waals surface area contributed by atoms with E-state index >= 15 is 0 Å². The Labute approximate surface area is 193 Å². The van der Waals surface area contributed by atoms with Crippen LogP contribution in [0.3, 0.4) is 0 Å². The Balaban J connectivity index is 1.80. The minimum atomic E-state index is -3.88. The molecule has 0 N–H and O–H groups in total. The van der Waals surface area contributed by atoms with E-state index in [1.54, 1.807) is 62.8 Å². The van der Waals surface area contributed by atoms with E-state index in [2.05, 4.69) is 5.10 Å². The number of hydrazone groups is 1. The molecule has 0 bridgehead atoms. The van der Waals surface area contributed by atoms with Crippen LogP contribution in [0, 0.1) is 6.92 Å². The van der Waals surface area contributed by atoms with Crippen LogP contribution in [-0.2, 0) is 10.0 Å². The van der Waals surface area contributed by atoms with Gasteiger partial charge in [0.05, 0.1) is 30.9 Å². The van der Waals surface area contributed by atoms with Gasteiger partial charge in [0, 0.05) is 17.0 Å². The summed E-state index contributed by atoms with van der Waals surface area (Å²) < 4.78 is 39.0. The van der Waals surface area contributed by atoms with Gasteiger partial charge >= 0.3 is 0 Å². The summed E-state index contributed by atoms with van der Waals surface area (Å²) in [6.07, 6.45) is 0.405. The second kappa shape index (κ2) is 8.84. The Kier molecular flexibility index (Phi) is 6.13. The Bertz CT molecular complexity index is 1260. The first-order chi connectivity index (χ1) is 15.3. The number of aryl methyl sites for hydroxylation is 1. The standard InChI is InChI=1S/C24H23ClN2O4S/c1-16-4-11-20(12-5-16)32(28,29)27-22(17-6-9-19(25)10-7-17)15-21(26-27)18-8-13-23(30-2)24(14-18)31-3/h4-14,22H,15H2,1-3H3/t22-/m0/s1.